The van der Waals surface area contributed by atoms with Gasteiger partial charge in [0.05, 0.1) is 5.56 Å². The van der Waals surface area contributed by atoms with Gasteiger partial charge in [0.2, 0.25) is 0 Å². The first kappa shape index (κ1) is 19.8. The molecular formula is C20H23N3O2S. The van der Waals surface area contributed by atoms with Crippen LogP contribution in [-0.4, -0.2) is 15.3 Å². The second kappa shape index (κ2) is 9.79. The Labute approximate surface area is 158 Å². The van der Waals surface area contributed by atoms with Gasteiger partial charge in [0.25, 0.3) is 0 Å². The van der Waals surface area contributed by atoms with E-state index < -0.39 is 5.97 Å². The lowest BCUT2D eigenvalue weighted by Crippen LogP contribution is -2.09. The highest BCUT2D eigenvalue weighted by molar-refractivity contribution is 7.09. The van der Waals surface area contributed by atoms with Crippen LogP contribution >= 0.6 is 11.5 Å². The molecule has 0 aliphatic rings. The molecule has 136 valence electrons. The molecule has 2 rings (SSSR count). The zero-order valence-electron chi connectivity index (χ0n) is 15.0. The first-order valence-corrected chi connectivity index (χ1v) is 9.21. The fourth-order valence-corrected chi connectivity index (χ4v) is 2.91. The highest BCUT2D eigenvalue weighted by Crippen LogP contribution is 2.26. The minimum atomic E-state index is -0.586. The van der Waals surface area contributed by atoms with Crippen molar-refractivity contribution < 1.29 is 9.63 Å². The van der Waals surface area contributed by atoms with E-state index in [0.29, 0.717) is 17.3 Å². The quantitative estimate of drug-likeness (QED) is 0.534. The van der Waals surface area contributed by atoms with Crippen molar-refractivity contribution in [2.45, 2.75) is 26.7 Å². The number of allylic oxidation sites excluding steroid dienone is 5. The molecule has 1 unspecified atom stereocenters. The summed E-state index contributed by atoms with van der Waals surface area (Å²) in [6, 6.07) is 6.96. The zero-order chi connectivity index (χ0) is 18.9. The number of rotatable bonds is 8. The normalized spacial score (nSPS) is 13.0. The smallest absolute Gasteiger partial charge is 0.356 e. The van der Waals surface area contributed by atoms with Gasteiger partial charge < -0.3 is 4.84 Å². The molecule has 0 radical (unpaired) electrons. The maximum Gasteiger partial charge on any atom is 0.356 e. The lowest BCUT2D eigenvalue weighted by molar-refractivity contribution is 0.0503. The Hall–Kier alpha value is -2.57. The van der Waals surface area contributed by atoms with E-state index in [0.717, 1.165) is 29.0 Å². The van der Waals surface area contributed by atoms with Gasteiger partial charge in [-0.05, 0) is 36.0 Å². The maximum atomic E-state index is 11.6. The van der Waals surface area contributed by atoms with Crippen LogP contribution in [0.3, 0.4) is 0 Å². The third-order valence-electron chi connectivity index (χ3n) is 3.97. The summed E-state index contributed by atoms with van der Waals surface area (Å²) in [5, 5.41) is 0.719. The van der Waals surface area contributed by atoms with Crippen molar-refractivity contribution in [3.8, 4) is 10.6 Å². The standard InChI is InChI=1S/C20H23N3O2S/c1-4-8-15(10-6-9-14(3)5-2)18-22-19(26-23-18)16-11-7-12-17(13-16)20(24)25-21/h4,6-8,10-14H,1,5,9,21H2,2-3H3/b10-6-,15-8+. The average Bonchev–Trinajstić information content (AvgIpc) is 3.16. The van der Waals surface area contributed by atoms with Crippen molar-refractivity contribution in [2.24, 2.45) is 11.8 Å². The largest absolute Gasteiger partial charge is 0.370 e. The number of carbonyl (C=O) groups excluding carboxylic acids is 1. The first-order valence-electron chi connectivity index (χ1n) is 8.43. The van der Waals surface area contributed by atoms with Crippen molar-refractivity contribution in [3.05, 3.63) is 66.5 Å². The summed E-state index contributed by atoms with van der Waals surface area (Å²) in [5.41, 5.74) is 2.07. The highest BCUT2D eigenvalue weighted by Gasteiger charge is 2.12. The molecule has 2 N–H and O–H groups in total. The monoisotopic (exact) mass is 369 g/mol. The summed E-state index contributed by atoms with van der Waals surface area (Å²) >= 11 is 1.28. The first-order chi connectivity index (χ1) is 12.6. The lowest BCUT2D eigenvalue weighted by atomic mass is 10.0. The molecule has 0 aliphatic heterocycles. The third-order valence-corrected chi connectivity index (χ3v) is 4.73. The fourth-order valence-electron chi connectivity index (χ4n) is 2.23. The van der Waals surface area contributed by atoms with Crippen LogP contribution in [0.15, 0.2) is 55.1 Å². The van der Waals surface area contributed by atoms with Gasteiger partial charge in [-0.15, -0.1) is 0 Å². The van der Waals surface area contributed by atoms with E-state index in [1.807, 2.05) is 18.2 Å². The second-order valence-corrected chi connectivity index (χ2v) is 6.67. The van der Waals surface area contributed by atoms with Crippen LogP contribution < -0.4 is 5.90 Å². The molecule has 1 heterocycles. The molecule has 0 aliphatic carbocycles. The predicted molar refractivity (Wildman–Crippen MR) is 106 cm³/mol. The van der Waals surface area contributed by atoms with Crippen molar-refractivity contribution in [3.63, 3.8) is 0 Å². The molecule has 5 nitrogen and oxygen atoms in total. The fraction of sp³-hybridized carbons (Fsp3) is 0.250. The Kier molecular flexibility index (Phi) is 7.44. The molecule has 1 aromatic carbocycles. The predicted octanol–water partition coefficient (Wildman–Crippen LogP) is 4.80. The molecule has 26 heavy (non-hydrogen) atoms. The van der Waals surface area contributed by atoms with Gasteiger partial charge in [-0.1, -0.05) is 63.3 Å². The van der Waals surface area contributed by atoms with Crippen molar-refractivity contribution >= 4 is 23.1 Å². The Morgan fingerprint density at radius 3 is 2.96 bits per heavy atom. The molecule has 0 saturated carbocycles. The number of hydrogen-bond acceptors (Lipinski definition) is 6. The zero-order valence-corrected chi connectivity index (χ0v) is 15.8. The Balaban J connectivity index is 2.25. The van der Waals surface area contributed by atoms with Crippen LogP contribution in [-0.2, 0) is 4.84 Å². The van der Waals surface area contributed by atoms with Gasteiger partial charge in [-0.2, -0.15) is 10.3 Å². The van der Waals surface area contributed by atoms with Gasteiger partial charge in [0.15, 0.2) is 5.82 Å². The lowest BCUT2D eigenvalue weighted by Gasteiger charge is -2.03. The SMILES string of the molecule is C=C/C=C(\C=C/CC(C)CC)c1nsc(-c2cccc(C(=O)ON)c2)n1. The van der Waals surface area contributed by atoms with Crippen LogP contribution in [0, 0.1) is 5.92 Å². The van der Waals surface area contributed by atoms with E-state index in [2.05, 4.69) is 40.7 Å². The van der Waals surface area contributed by atoms with E-state index >= 15 is 0 Å². The van der Waals surface area contributed by atoms with Crippen LogP contribution in [0.5, 0.6) is 0 Å². The second-order valence-electron chi connectivity index (χ2n) is 5.92. The van der Waals surface area contributed by atoms with Crippen LogP contribution in [0.4, 0.5) is 0 Å². The Morgan fingerprint density at radius 2 is 2.27 bits per heavy atom. The summed E-state index contributed by atoms with van der Waals surface area (Å²) in [6.07, 6.45) is 9.93. The number of carbonyl (C=O) groups is 1. The summed E-state index contributed by atoms with van der Waals surface area (Å²) < 4.78 is 4.45. The number of hydrogen-bond donors (Lipinski definition) is 1. The molecule has 6 heteroatoms. The number of aromatic nitrogens is 2. The summed E-state index contributed by atoms with van der Waals surface area (Å²) in [5.74, 6) is 5.64. The molecule has 2 aromatic rings. The minimum absolute atomic E-state index is 0.372. The Morgan fingerprint density at radius 1 is 1.46 bits per heavy atom. The van der Waals surface area contributed by atoms with E-state index in [-0.39, 0.29) is 0 Å². The summed E-state index contributed by atoms with van der Waals surface area (Å²) in [6.45, 7) is 8.17. The molecular weight excluding hydrogens is 346 g/mol. The van der Waals surface area contributed by atoms with Crippen LogP contribution in [0.2, 0.25) is 0 Å². The average molecular weight is 369 g/mol. The summed E-state index contributed by atoms with van der Waals surface area (Å²) in [7, 11) is 0. The van der Waals surface area contributed by atoms with Crippen LogP contribution in [0.1, 0.15) is 42.9 Å². The molecule has 0 bridgehead atoms. The van der Waals surface area contributed by atoms with Crippen LogP contribution in [0.25, 0.3) is 16.1 Å². The third kappa shape index (κ3) is 5.21. The van der Waals surface area contributed by atoms with E-state index in [1.165, 1.54) is 11.5 Å². The van der Waals surface area contributed by atoms with Crippen molar-refractivity contribution in [2.75, 3.05) is 0 Å². The molecule has 0 amide bonds. The van der Waals surface area contributed by atoms with Gasteiger partial charge in [-0.3, -0.25) is 0 Å². The number of nitrogens with two attached hydrogens (primary N) is 1. The molecule has 0 saturated heterocycles. The Bertz CT molecular complexity index is 824. The number of benzene rings is 1. The van der Waals surface area contributed by atoms with E-state index in [4.69, 9.17) is 5.90 Å². The molecule has 1 atom stereocenters. The molecule has 1 aromatic heterocycles. The van der Waals surface area contributed by atoms with E-state index in [1.54, 1.807) is 24.3 Å². The number of nitrogens with zero attached hydrogens (tertiary/aromatic N) is 2. The molecule has 0 fully saturated rings. The minimum Gasteiger partial charge on any atom is -0.370 e. The van der Waals surface area contributed by atoms with Gasteiger partial charge in [0, 0.05) is 11.1 Å². The topological polar surface area (TPSA) is 78.1 Å². The molecule has 0 spiro atoms. The van der Waals surface area contributed by atoms with E-state index in [9.17, 15) is 4.79 Å². The van der Waals surface area contributed by atoms with Gasteiger partial charge in [0.1, 0.15) is 5.01 Å². The highest BCUT2D eigenvalue weighted by atomic mass is 32.1. The van der Waals surface area contributed by atoms with Crippen molar-refractivity contribution in [1.82, 2.24) is 9.36 Å². The van der Waals surface area contributed by atoms with Gasteiger partial charge >= 0.3 is 5.97 Å². The maximum absolute atomic E-state index is 11.6. The summed E-state index contributed by atoms with van der Waals surface area (Å²) in [4.78, 5) is 20.5. The van der Waals surface area contributed by atoms with Crippen molar-refractivity contribution in [1.29, 1.82) is 0 Å². The van der Waals surface area contributed by atoms with Gasteiger partial charge in [-0.25, -0.2) is 9.78 Å².